The van der Waals surface area contributed by atoms with Gasteiger partial charge in [-0.15, -0.1) is 0 Å². The van der Waals surface area contributed by atoms with Crippen molar-refractivity contribution < 1.29 is 28.2 Å². The van der Waals surface area contributed by atoms with E-state index in [1.807, 2.05) is 40.1 Å². The highest BCUT2D eigenvalue weighted by Crippen LogP contribution is 2.48. The van der Waals surface area contributed by atoms with Gasteiger partial charge >= 0.3 is 11.9 Å². The molecule has 1 unspecified atom stereocenters. The second-order valence-corrected chi connectivity index (χ2v) is 8.83. The average molecular weight is 552 g/mol. The van der Waals surface area contributed by atoms with Gasteiger partial charge in [-0.3, -0.25) is 4.90 Å². The molecule has 0 amide bonds. The predicted molar refractivity (Wildman–Crippen MR) is 136 cm³/mol. The summed E-state index contributed by atoms with van der Waals surface area (Å²) in [5.74, 6) is 0.839. The van der Waals surface area contributed by atoms with Crippen molar-refractivity contribution in [2.75, 3.05) is 31.1 Å². The summed E-state index contributed by atoms with van der Waals surface area (Å²) in [4.78, 5) is 33.7. The Morgan fingerprint density at radius 1 is 0.972 bits per heavy atom. The van der Waals surface area contributed by atoms with Crippen molar-refractivity contribution in [1.82, 2.24) is 0 Å². The van der Waals surface area contributed by atoms with Crippen molar-refractivity contribution in [3.05, 3.63) is 87.9 Å². The molecular formula is C26H22BrN3O6. The van der Waals surface area contributed by atoms with Gasteiger partial charge in [0.1, 0.15) is 17.6 Å². The molecule has 2 aromatic carbocycles. The van der Waals surface area contributed by atoms with Gasteiger partial charge in [0.2, 0.25) is 5.96 Å². The van der Waals surface area contributed by atoms with Crippen LogP contribution in [0.25, 0.3) is 0 Å². The summed E-state index contributed by atoms with van der Waals surface area (Å²) in [5.41, 5.74) is 3.17. The van der Waals surface area contributed by atoms with E-state index in [2.05, 4.69) is 20.9 Å². The molecule has 36 heavy (non-hydrogen) atoms. The Balaban J connectivity index is 1.67. The molecule has 0 saturated heterocycles. The lowest BCUT2D eigenvalue weighted by Crippen LogP contribution is -2.43. The lowest BCUT2D eigenvalue weighted by Gasteiger charge is -2.33. The fourth-order valence-electron chi connectivity index (χ4n) is 4.37. The highest BCUT2D eigenvalue weighted by atomic mass is 79.9. The molecule has 0 radical (unpaired) electrons. The Labute approximate surface area is 215 Å². The molecular weight excluding hydrogens is 530 g/mol. The van der Waals surface area contributed by atoms with Gasteiger partial charge in [0, 0.05) is 6.20 Å². The zero-order valence-electron chi connectivity index (χ0n) is 19.7. The maximum Gasteiger partial charge on any atom is 0.337 e. The van der Waals surface area contributed by atoms with E-state index in [4.69, 9.17) is 18.6 Å². The summed E-state index contributed by atoms with van der Waals surface area (Å²) in [6, 6.07) is 15.9. The molecule has 0 N–H and O–H groups in total. The van der Waals surface area contributed by atoms with Crippen molar-refractivity contribution in [1.29, 1.82) is 0 Å². The molecule has 10 heteroatoms. The van der Waals surface area contributed by atoms with Crippen LogP contribution in [0, 0.1) is 0 Å². The number of rotatable bonds is 6. The molecule has 0 bridgehead atoms. The first-order chi connectivity index (χ1) is 17.4. The summed E-state index contributed by atoms with van der Waals surface area (Å²) in [6.07, 6.45) is 1.51. The molecule has 0 fully saturated rings. The summed E-state index contributed by atoms with van der Waals surface area (Å²) in [6.45, 7) is 0.486. The minimum Gasteiger partial charge on any atom is -0.497 e. The smallest absolute Gasteiger partial charge is 0.337 e. The van der Waals surface area contributed by atoms with Crippen LogP contribution in [0.2, 0.25) is 0 Å². The Morgan fingerprint density at radius 2 is 1.72 bits per heavy atom. The second kappa shape index (κ2) is 9.54. The summed E-state index contributed by atoms with van der Waals surface area (Å²) in [5, 5.41) is 0. The number of furan rings is 1. The van der Waals surface area contributed by atoms with Gasteiger partial charge in [-0.05, 0) is 64.0 Å². The van der Waals surface area contributed by atoms with Crippen LogP contribution < -0.4 is 14.5 Å². The molecule has 0 saturated carbocycles. The van der Waals surface area contributed by atoms with Gasteiger partial charge < -0.3 is 23.5 Å². The number of carbonyl (C=O) groups is 2. The molecule has 2 aliphatic heterocycles. The maximum absolute atomic E-state index is 12.8. The highest BCUT2D eigenvalue weighted by molar-refractivity contribution is 9.10. The van der Waals surface area contributed by atoms with Crippen molar-refractivity contribution >= 4 is 45.2 Å². The summed E-state index contributed by atoms with van der Waals surface area (Å²) in [7, 11) is 4.28. The molecule has 5 rings (SSSR count). The van der Waals surface area contributed by atoms with Gasteiger partial charge in [0.05, 0.1) is 50.4 Å². The van der Waals surface area contributed by atoms with Crippen LogP contribution in [0.5, 0.6) is 5.75 Å². The number of nitrogens with zero attached hydrogens (tertiary/aromatic N) is 3. The van der Waals surface area contributed by atoms with E-state index in [0.717, 1.165) is 17.0 Å². The number of fused-ring (bicyclic) bond motifs is 3. The Bertz CT molecular complexity index is 1390. The zero-order chi connectivity index (χ0) is 25.4. The topological polar surface area (TPSA) is 93.8 Å². The van der Waals surface area contributed by atoms with Crippen LogP contribution in [-0.4, -0.2) is 39.2 Å². The molecule has 2 aliphatic rings. The van der Waals surface area contributed by atoms with Gasteiger partial charge in [0.25, 0.3) is 0 Å². The largest absolute Gasteiger partial charge is 0.497 e. The van der Waals surface area contributed by atoms with Crippen LogP contribution in [-0.2, 0) is 20.8 Å². The number of methoxy groups -OCH3 is 3. The number of halogens is 1. The Hall–Kier alpha value is -4.05. The van der Waals surface area contributed by atoms with Crippen LogP contribution in [0.4, 0.5) is 11.4 Å². The van der Waals surface area contributed by atoms with Gasteiger partial charge in [0.15, 0.2) is 4.67 Å². The van der Waals surface area contributed by atoms with E-state index >= 15 is 0 Å². The van der Waals surface area contributed by atoms with Gasteiger partial charge in [-0.25, -0.2) is 14.6 Å². The summed E-state index contributed by atoms with van der Waals surface area (Å²) < 4.78 is 21.7. The minimum absolute atomic E-state index is 0.295. The van der Waals surface area contributed by atoms with E-state index < -0.39 is 18.0 Å². The highest BCUT2D eigenvalue weighted by Gasteiger charge is 2.45. The third kappa shape index (κ3) is 4.03. The predicted octanol–water partition coefficient (Wildman–Crippen LogP) is 4.83. The van der Waals surface area contributed by atoms with E-state index in [1.165, 1.54) is 20.4 Å². The van der Waals surface area contributed by atoms with Crippen LogP contribution in [0.15, 0.2) is 80.4 Å². The molecule has 3 heterocycles. The van der Waals surface area contributed by atoms with Crippen molar-refractivity contribution in [2.24, 2.45) is 4.99 Å². The first-order valence-corrected chi connectivity index (χ1v) is 11.8. The van der Waals surface area contributed by atoms with Crippen molar-refractivity contribution in [3.63, 3.8) is 0 Å². The third-order valence-corrected chi connectivity index (χ3v) is 6.49. The number of anilines is 2. The number of ether oxygens (including phenoxy) is 3. The summed E-state index contributed by atoms with van der Waals surface area (Å²) >= 11 is 3.35. The Kier molecular flexibility index (Phi) is 6.27. The zero-order valence-corrected chi connectivity index (χ0v) is 21.3. The fourth-order valence-corrected chi connectivity index (χ4v) is 4.68. The van der Waals surface area contributed by atoms with Crippen LogP contribution in [0.1, 0.15) is 27.7 Å². The van der Waals surface area contributed by atoms with Crippen LogP contribution in [0.3, 0.4) is 0 Å². The number of benzene rings is 2. The lowest BCUT2D eigenvalue weighted by atomic mass is 10.0. The fraction of sp³-hybridized carbons (Fsp3) is 0.192. The van der Waals surface area contributed by atoms with E-state index in [-0.39, 0.29) is 0 Å². The molecule has 0 aliphatic carbocycles. The standard InChI is InChI=1S/C26H22BrN3O6/c1-33-17-7-4-15(5-8-17)14-29-19-9-6-16(24(31)34-2)12-20(19)30-23(21-10-11-22(27)36-21)18(25(32)35-3)13-28-26(29)30/h4-13,23H,14H2,1-3H3. The number of esters is 2. The molecule has 1 aromatic heterocycles. The molecule has 3 aromatic rings. The second-order valence-electron chi connectivity index (χ2n) is 8.05. The van der Waals surface area contributed by atoms with Crippen LogP contribution >= 0.6 is 15.9 Å². The number of hydrogen-bond donors (Lipinski definition) is 0. The van der Waals surface area contributed by atoms with Gasteiger partial charge in [-0.1, -0.05) is 12.1 Å². The molecule has 184 valence electrons. The monoisotopic (exact) mass is 551 g/mol. The average Bonchev–Trinajstić information content (AvgIpc) is 3.48. The third-order valence-electron chi connectivity index (χ3n) is 6.06. The first kappa shape index (κ1) is 23.7. The normalized spacial score (nSPS) is 16.1. The van der Waals surface area contributed by atoms with Crippen molar-refractivity contribution in [2.45, 2.75) is 12.6 Å². The lowest BCUT2D eigenvalue weighted by molar-refractivity contribution is -0.136. The van der Waals surface area contributed by atoms with E-state index in [1.54, 1.807) is 31.4 Å². The van der Waals surface area contributed by atoms with E-state index in [0.29, 0.717) is 39.8 Å². The number of hydrogen-bond acceptors (Lipinski definition) is 9. The Morgan fingerprint density at radius 3 is 2.36 bits per heavy atom. The maximum atomic E-state index is 12.8. The molecule has 0 spiro atoms. The molecule has 9 nitrogen and oxygen atoms in total. The van der Waals surface area contributed by atoms with Crippen molar-refractivity contribution in [3.8, 4) is 5.75 Å². The van der Waals surface area contributed by atoms with E-state index in [9.17, 15) is 9.59 Å². The first-order valence-electron chi connectivity index (χ1n) is 11.0. The minimum atomic E-state index is -0.677. The number of aliphatic imine (C=N–C) groups is 1. The quantitative estimate of drug-likeness (QED) is 0.402. The SMILES string of the molecule is COC(=O)C1=CN=C2N(Cc3ccc(OC)cc3)c3ccc(C(=O)OC)cc3N2C1c1ccc(Br)o1. The number of carbonyl (C=O) groups excluding carboxylic acids is 2. The van der Waals surface area contributed by atoms with Gasteiger partial charge in [-0.2, -0.15) is 0 Å². The number of guanidine groups is 1. The molecule has 1 atom stereocenters.